The molecule has 0 fully saturated rings. The Kier molecular flexibility index (Phi) is 6.74. The van der Waals surface area contributed by atoms with Gasteiger partial charge in [0.15, 0.2) is 4.34 Å². The minimum atomic E-state index is 0.0240. The summed E-state index contributed by atoms with van der Waals surface area (Å²) in [7, 11) is 1.78. The van der Waals surface area contributed by atoms with Gasteiger partial charge >= 0.3 is 0 Å². The van der Waals surface area contributed by atoms with Gasteiger partial charge < -0.3 is 14.6 Å². The molecular formula is C20H24N4O2S2. The summed E-state index contributed by atoms with van der Waals surface area (Å²) in [5.74, 6) is 1.97. The van der Waals surface area contributed by atoms with Crippen molar-refractivity contribution in [1.29, 1.82) is 0 Å². The van der Waals surface area contributed by atoms with Gasteiger partial charge in [0.2, 0.25) is 11.0 Å². The molecule has 148 valence electrons. The van der Waals surface area contributed by atoms with Crippen LogP contribution in [0.2, 0.25) is 0 Å². The third kappa shape index (κ3) is 5.14. The number of anilines is 2. The maximum absolute atomic E-state index is 12.4. The number of amides is 1. The van der Waals surface area contributed by atoms with Crippen LogP contribution in [0.25, 0.3) is 0 Å². The highest BCUT2D eigenvalue weighted by Gasteiger charge is 2.14. The van der Waals surface area contributed by atoms with Gasteiger partial charge in [-0.3, -0.25) is 4.79 Å². The molecule has 0 saturated carbocycles. The second-order valence-corrected chi connectivity index (χ2v) is 8.71. The van der Waals surface area contributed by atoms with E-state index in [1.807, 2.05) is 19.1 Å². The van der Waals surface area contributed by atoms with Gasteiger partial charge in [0, 0.05) is 12.7 Å². The zero-order valence-electron chi connectivity index (χ0n) is 16.5. The maximum atomic E-state index is 12.4. The van der Waals surface area contributed by atoms with Crippen molar-refractivity contribution in [2.75, 3.05) is 18.1 Å². The molecule has 3 rings (SSSR count). The van der Waals surface area contributed by atoms with Crippen molar-refractivity contribution < 1.29 is 9.21 Å². The quantitative estimate of drug-likeness (QED) is 0.532. The largest absolute Gasteiger partial charge is 0.464 e. The number of hydrogen-bond acceptors (Lipinski definition) is 7. The number of furan rings is 1. The van der Waals surface area contributed by atoms with Gasteiger partial charge in [0.25, 0.3) is 0 Å². The van der Waals surface area contributed by atoms with E-state index in [0.717, 1.165) is 33.1 Å². The van der Waals surface area contributed by atoms with Crippen LogP contribution in [0.4, 0.5) is 10.8 Å². The van der Waals surface area contributed by atoms with Gasteiger partial charge in [-0.05, 0) is 43.5 Å². The van der Waals surface area contributed by atoms with E-state index < -0.39 is 0 Å². The molecule has 0 bridgehead atoms. The number of benzene rings is 1. The van der Waals surface area contributed by atoms with Gasteiger partial charge in [-0.1, -0.05) is 48.2 Å². The molecule has 28 heavy (non-hydrogen) atoms. The molecule has 1 N–H and O–H groups in total. The lowest BCUT2D eigenvalue weighted by atomic mass is 10.1. The van der Waals surface area contributed by atoms with Crippen LogP contribution >= 0.6 is 23.1 Å². The molecule has 0 aliphatic rings. The first-order valence-corrected chi connectivity index (χ1v) is 10.9. The standard InChI is InChI=1S/C20H24N4O2S2/c1-5-15-8-6-7-13(2)18(15)21-19-22-23-20(28-19)27-12-17(25)24(4)11-16-10-9-14(3)26-16/h6-10H,5,11-12H2,1-4H3,(H,21,22). The number of rotatable bonds is 8. The monoisotopic (exact) mass is 416 g/mol. The van der Waals surface area contributed by atoms with E-state index in [2.05, 4.69) is 47.6 Å². The van der Waals surface area contributed by atoms with Gasteiger partial charge in [0.05, 0.1) is 12.3 Å². The van der Waals surface area contributed by atoms with E-state index in [9.17, 15) is 4.79 Å². The molecule has 0 unspecified atom stereocenters. The lowest BCUT2D eigenvalue weighted by Gasteiger charge is -2.14. The SMILES string of the molecule is CCc1cccc(C)c1Nc1nnc(SCC(=O)N(C)Cc2ccc(C)o2)s1. The number of nitrogens with one attached hydrogen (secondary N) is 1. The number of hydrogen-bond donors (Lipinski definition) is 1. The summed E-state index contributed by atoms with van der Waals surface area (Å²) in [4.78, 5) is 14.0. The topological polar surface area (TPSA) is 71.3 Å². The molecule has 8 heteroatoms. The van der Waals surface area contributed by atoms with Crippen molar-refractivity contribution in [2.45, 2.75) is 38.1 Å². The average Bonchev–Trinajstić information content (AvgIpc) is 3.30. The number of aryl methyl sites for hydroxylation is 3. The second kappa shape index (κ2) is 9.25. The Morgan fingerprint density at radius 3 is 2.79 bits per heavy atom. The summed E-state index contributed by atoms with van der Waals surface area (Å²) in [6.45, 7) is 6.56. The number of aromatic nitrogens is 2. The zero-order chi connectivity index (χ0) is 20.1. The highest BCUT2D eigenvalue weighted by molar-refractivity contribution is 8.01. The predicted octanol–water partition coefficient (Wildman–Crippen LogP) is 4.80. The zero-order valence-corrected chi connectivity index (χ0v) is 18.1. The third-order valence-corrected chi connectivity index (χ3v) is 6.27. The van der Waals surface area contributed by atoms with Crippen molar-refractivity contribution in [1.82, 2.24) is 15.1 Å². The van der Waals surface area contributed by atoms with Crippen molar-refractivity contribution in [3.05, 3.63) is 53.0 Å². The molecule has 1 aromatic carbocycles. The Morgan fingerprint density at radius 1 is 1.25 bits per heavy atom. The number of carbonyl (C=O) groups excluding carboxylic acids is 1. The fraction of sp³-hybridized carbons (Fsp3) is 0.350. The molecule has 1 amide bonds. The fourth-order valence-corrected chi connectivity index (χ4v) is 4.45. The summed E-state index contributed by atoms with van der Waals surface area (Å²) in [6.07, 6.45) is 0.945. The maximum Gasteiger partial charge on any atom is 0.233 e. The first-order chi connectivity index (χ1) is 13.5. The molecule has 0 spiro atoms. The Hall–Kier alpha value is -2.32. The summed E-state index contributed by atoms with van der Waals surface area (Å²) in [5.41, 5.74) is 3.50. The second-order valence-electron chi connectivity index (χ2n) is 6.51. The van der Waals surface area contributed by atoms with Crippen molar-refractivity contribution in [2.24, 2.45) is 0 Å². The van der Waals surface area contributed by atoms with Crippen molar-refractivity contribution >= 4 is 39.8 Å². The molecule has 2 aromatic heterocycles. The van der Waals surface area contributed by atoms with E-state index >= 15 is 0 Å². The van der Waals surface area contributed by atoms with Gasteiger partial charge in [-0.15, -0.1) is 10.2 Å². The summed E-state index contributed by atoms with van der Waals surface area (Å²) < 4.78 is 6.29. The van der Waals surface area contributed by atoms with Crippen LogP contribution in [0, 0.1) is 13.8 Å². The van der Waals surface area contributed by atoms with E-state index in [0.29, 0.717) is 12.3 Å². The number of thioether (sulfide) groups is 1. The molecule has 2 heterocycles. The Morgan fingerprint density at radius 2 is 2.07 bits per heavy atom. The third-order valence-electron chi connectivity index (χ3n) is 4.31. The Bertz CT molecular complexity index is 951. The minimum absolute atomic E-state index is 0.0240. The fourth-order valence-electron chi connectivity index (χ4n) is 2.75. The van der Waals surface area contributed by atoms with Crippen LogP contribution in [-0.2, 0) is 17.8 Å². The van der Waals surface area contributed by atoms with Crippen LogP contribution in [0.15, 0.2) is 39.1 Å². The summed E-state index contributed by atoms with van der Waals surface area (Å²) >= 11 is 2.86. The van der Waals surface area contributed by atoms with Crippen LogP contribution in [0.3, 0.4) is 0 Å². The van der Waals surface area contributed by atoms with E-state index in [1.54, 1.807) is 11.9 Å². The van der Waals surface area contributed by atoms with Gasteiger partial charge in [0.1, 0.15) is 11.5 Å². The first kappa shape index (κ1) is 20.4. The highest BCUT2D eigenvalue weighted by Crippen LogP contribution is 2.30. The van der Waals surface area contributed by atoms with E-state index in [-0.39, 0.29) is 5.91 Å². The summed E-state index contributed by atoms with van der Waals surface area (Å²) in [6, 6.07) is 10.0. The van der Waals surface area contributed by atoms with Crippen LogP contribution in [0.5, 0.6) is 0 Å². The van der Waals surface area contributed by atoms with Crippen LogP contribution in [0.1, 0.15) is 29.6 Å². The number of nitrogens with zero attached hydrogens (tertiary/aromatic N) is 3. The Labute approximate surface area is 173 Å². The normalized spacial score (nSPS) is 10.9. The van der Waals surface area contributed by atoms with Crippen LogP contribution in [-0.4, -0.2) is 33.8 Å². The highest BCUT2D eigenvalue weighted by atomic mass is 32.2. The number of carbonyl (C=O) groups is 1. The molecule has 0 saturated heterocycles. The minimum Gasteiger partial charge on any atom is -0.464 e. The molecule has 0 atom stereocenters. The predicted molar refractivity (Wildman–Crippen MR) is 114 cm³/mol. The van der Waals surface area contributed by atoms with Gasteiger partial charge in [-0.25, -0.2) is 0 Å². The average molecular weight is 417 g/mol. The van der Waals surface area contributed by atoms with Crippen molar-refractivity contribution in [3.63, 3.8) is 0 Å². The molecule has 0 radical (unpaired) electrons. The molecule has 0 aliphatic carbocycles. The Balaban J connectivity index is 1.55. The molecule has 0 aliphatic heterocycles. The first-order valence-electron chi connectivity index (χ1n) is 9.07. The molecule has 6 nitrogen and oxygen atoms in total. The summed E-state index contributed by atoms with van der Waals surface area (Å²) in [5, 5.41) is 12.5. The lowest BCUT2D eigenvalue weighted by molar-refractivity contribution is -0.127. The molecular weight excluding hydrogens is 392 g/mol. The van der Waals surface area contributed by atoms with Crippen molar-refractivity contribution in [3.8, 4) is 0 Å². The smallest absolute Gasteiger partial charge is 0.233 e. The number of para-hydroxylation sites is 1. The van der Waals surface area contributed by atoms with E-state index in [1.165, 1.54) is 34.2 Å². The molecule has 3 aromatic rings. The van der Waals surface area contributed by atoms with Gasteiger partial charge in [-0.2, -0.15) is 0 Å². The lowest BCUT2D eigenvalue weighted by Crippen LogP contribution is -2.27. The van der Waals surface area contributed by atoms with Crippen LogP contribution < -0.4 is 5.32 Å². The van der Waals surface area contributed by atoms with E-state index in [4.69, 9.17) is 4.42 Å².